The lowest BCUT2D eigenvalue weighted by Crippen LogP contribution is -1.93. The summed E-state index contributed by atoms with van der Waals surface area (Å²) < 4.78 is 10.1. The van der Waals surface area contributed by atoms with Gasteiger partial charge in [0.05, 0.1) is 12.9 Å². The van der Waals surface area contributed by atoms with Crippen molar-refractivity contribution in [1.82, 2.24) is 0 Å². The number of aliphatic carboxylic acids is 1. The molecule has 0 unspecified atom stereocenters. The van der Waals surface area contributed by atoms with Crippen LogP contribution in [-0.4, -0.2) is 17.7 Å². The zero-order chi connectivity index (χ0) is 9.52. The van der Waals surface area contributed by atoms with Crippen molar-refractivity contribution in [3.63, 3.8) is 0 Å². The average molecular weight is 182 g/mol. The SMILES string of the molecule is O=C(O)C=CCOCc1ccco1. The Kier molecular flexibility index (Phi) is 3.78. The van der Waals surface area contributed by atoms with Crippen molar-refractivity contribution in [2.45, 2.75) is 6.61 Å². The quantitative estimate of drug-likeness (QED) is 0.552. The molecule has 0 aliphatic carbocycles. The number of furan rings is 1. The van der Waals surface area contributed by atoms with Gasteiger partial charge in [-0.15, -0.1) is 0 Å². The van der Waals surface area contributed by atoms with Crippen molar-refractivity contribution in [2.24, 2.45) is 0 Å². The van der Waals surface area contributed by atoms with E-state index in [-0.39, 0.29) is 6.61 Å². The lowest BCUT2D eigenvalue weighted by Gasteiger charge is -1.95. The highest BCUT2D eigenvalue weighted by Crippen LogP contribution is 2.01. The first-order valence-corrected chi connectivity index (χ1v) is 3.78. The molecule has 0 amide bonds. The Bertz CT molecular complexity index is 274. The van der Waals surface area contributed by atoms with Gasteiger partial charge in [-0.3, -0.25) is 0 Å². The Hall–Kier alpha value is -1.55. The number of carbonyl (C=O) groups is 1. The molecule has 0 aromatic carbocycles. The fourth-order valence-corrected chi connectivity index (χ4v) is 0.771. The molecule has 0 radical (unpaired) electrons. The maximum Gasteiger partial charge on any atom is 0.328 e. The van der Waals surface area contributed by atoms with Crippen molar-refractivity contribution in [3.8, 4) is 0 Å². The Morgan fingerprint density at radius 2 is 2.54 bits per heavy atom. The van der Waals surface area contributed by atoms with Crippen LogP contribution in [0.1, 0.15) is 5.76 Å². The summed E-state index contributed by atoms with van der Waals surface area (Å²) >= 11 is 0. The number of carboxylic acids is 1. The van der Waals surface area contributed by atoms with Crippen LogP contribution in [0, 0.1) is 0 Å². The minimum absolute atomic E-state index is 0.271. The maximum atomic E-state index is 10.0. The monoisotopic (exact) mass is 182 g/mol. The molecule has 4 nitrogen and oxygen atoms in total. The molecule has 4 heteroatoms. The van der Waals surface area contributed by atoms with Crippen LogP contribution in [0.5, 0.6) is 0 Å². The van der Waals surface area contributed by atoms with Gasteiger partial charge in [0.15, 0.2) is 0 Å². The van der Waals surface area contributed by atoms with Gasteiger partial charge in [-0.2, -0.15) is 0 Å². The standard InChI is InChI=1S/C9H10O4/c10-9(11)4-2-5-12-7-8-3-1-6-13-8/h1-4,6H,5,7H2,(H,10,11). The molecule has 1 aromatic rings. The van der Waals surface area contributed by atoms with Gasteiger partial charge in [0.2, 0.25) is 0 Å². The van der Waals surface area contributed by atoms with Gasteiger partial charge in [-0.1, -0.05) is 6.08 Å². The van der Waals surface area contributed by atoms with Crippen molar-refractivity contribution >= 4 is 5.97 Å². The van der Waals surface area contributed by atoms with E-state index >= 15 is 0 Å². The molecule has 0 spiro atoms. The molecule has 1 aromatic heterocycles. The second-order valence-electron chi connectivity index (χ2n) is 2.34. The van der Waals surface area contributed by atoms with Crippen LogP contribution in [0.15, 0.2) is 35.0 Å². The third kappa shape index (κ3) is 4.12. The molecule has 0 saturated heterocycles. The van der Waals surface area contributed by atoms with Crippen molar-refractivity contribution in [2.75, 3.05) is 6.61 Å². The van der Waals surface area contributed by atoms with Gasteiger partial charge in [0, 0.05) is 6.08 Å². The van der Waals surface area contributed by atoms with E-state index in [0.29, 0.717) is 6.61 Å². The summed E-state index contributed by atoms with van der Waals surface area (Å²) in [5.41, 5.74) is 0. The fraction of sp³-hybridized carbons (Fsp3) is 0.222. The first kappa shape index (κ1) is 9.54. The molecule has 70 valence electrons. The van der Waals surface area contributed by atoms with E-state index in [1.54, 1.807) is 18.4 Å². The molecule has 0 atom stereocenters. The van der Waals surface area contributed by atoms with Crippen LogP contribution in [0.25, 0.3) is 0 Å². The van der Waals surface area contributed by atoms with Gasteiger partial charge >= 0.3 is 5.97 Å². The number of hydrogen-bond donors (Lipinski definition) is 1. The van der Waals surface area contributed by atoms with Crippen LogP contribution < -0.4 is 0 Å². The summed E-state index contributed by atoms with van der Waals surface area (Å²) in [6.07, 6.45) is 4.04. The molecule has 0 saturated carbocycles. The van der Waals surface area contributed by atoms with Crippen LogP contribution in [0.2, 0.25) is 0 Å². The van der Waals surface area contributed by atoms with Crippen LogP contribution in [0.3, 0.4) is 0 Å². The second kappa shape index (κ2) is 5.16. The maximum absolute atomic E-state index is 10.0. The number of rotatable bonds is 5. The van der Waals surface area contributed by atoms with Gasteiger partial charge in [0.25, 0.3) is 0 Å². The largest absolute Gasteiger partial charge is 0.478 e. The first-order valence-electron chi connectivity index (χ1n) is 3.78. The van der Waals surface area contributed by atoms with Gasteiger partial charge in [-0.25, -0.2) is 4.79 Å². The molecular formula is C9H10O4. The second-order valence-corrected chi connectivity index (χ2v) is 2.34. The molecule has 0 aliphatic rings. The smallest absolute Gasteiger partial charge is 0.328 e. The van der Waals surface area contributed by atoms with Crippen LogP contribution >= 0.6 is 0 Å². The molecule has 13 heavy (non-hydrogen) atoms. The summed E-state index contributed by atoms with van der Waals surface area (Å²) in [5, 5.41) is 8.24. The molecule has 0 fully saturated rings. The minimum Gasteiger partial charge on any atom is -0.478 e. The molecule has 1 rings (SSSR count). The lowest BCUT2D eigenvalue weighted by atomic mass is 10.5. The highest BCUT2D eigenvalue weighted by molar-refractivity contribution is 5.79. The van der Waals surface area contributed by atoms with E-state index in [2.05, 4.69) is 0 Å². The number of carboxylic acid groups (broad SMARTS) is 1. The first-order chi connectivity index (χ1) is 6.29. The highest BCUT2D eigenvalue weighted by Gasteiger charge is 1.93. The van der Waals surface area contributed by atoms with E-state index in [9.17, 15) is 4.79 Å². The third-order valence-electron chi connectivity index (χ3n) is 1.30. The Labute approximate surface area is 75.4 Å². The van der Waals surface area contributed by atoms with E-state index in [4.69, 9.17) is 14.3 Å². The van der Waals surface area contributed by atoms with Gasteiger partial charge < -0.3 is 14.3 Å². The molecular weight excluding hydrogens is 172 g/mol. The fourth-order valence-electron chi connectivity index (χ4n) is 0.771. The third-order valence-corrected chi connectivity index (χ3v) is 1.30. The zero-order valence-electron chi connectivity index (χ0n) is 6.97. The summed E-state index contributed by atoms with van der Waals surface area (Å²) in [7, 11) is 0. The highest BCUT2D eigenvalue weighted by atomic mass is 16.5. The van der Waals surface area contributed by atoms with E-state index in [0.717, 1.165) is 11.8 Å². The number of hydrogen-bond acceptors (Lipinski definition) is 3. The molecule has 0 aliphatic heterocycles. The van der Waals surface area contributed by atoms with E-state index in [1.165, 1.54) is 6.08 Å². The van der Waals surface area contributed by atoms with Gasteiger partial charge in [0.1, 0.15) is 12.4 Å². The zero-order valence-corrected chi connectivity index (χ0v) is 6.97. The predicted octanol–water partition coefficient (Wildman–Crippen LogP) is 1.44. The summed E-state index contributed by atoms with van der Waals surface area (Å²) in [5.74, 6) is -0.245. The van der Waals surface area contributed by atoms with Crippen LogP contribution in [-0.2, 0) is 16.1 Å². The Morgan fingerprint density at radius 3 is 3.15 bits per heavy atom. The molecule has 1 heterocycles. The summed E-state index contributed by atoms with van der Waals surface area (Å²) in [6.45, 7) is 0.629. The topological polar surface area (TPSA) is 59.7 Å². The molecule has 0 bridgehead atoms. The minimum atomic E-state index is -0.971. The van der Waals surface area contributed by atoms with Gasteiger partial charge in [-0.05, 0) is 12.1 Å². The lowest BCUT2D eigenvalue weighted by molar-refractivity contribution is -0.131. The Morgan fingerprint density at radius 1 is 1.69 bits per heavy atom. The predicted molar refractivity (Wildman–Crippen MR) is 45.1 cm³/mol. The van der Waals surface area contributed by atoms with E-state index in [1.807, 2.05) is 0 Å². The Balaban J connectivity index is 2.12. The van der Waals surface area contributed by atoms with Crippen LogP contribution in [0.4, 0.5) is 0 Å². The number of ether oxygens (including phenoxy) is 1. The summed E-state index contributed by atoms with van der Waals surface area (Å²) in [6, 6.07) is 3.56. The normalized spacial score (nSPS) is 10.8. The van der Waals surface area contributed by atoms with Crippen molar-refractivity contribution in [1.29, 1.82) is 0 Å². The average Bonchev–Trinajstić information content (AvgIpc) is 2.55. The van der Waals surface area contributed by atoms with Crippen molar-refractivity contribution in [3.05, 3.63) is 36.3 Å². The van der Waals surface area contributed by atoms with E-state index < -0.39 is 5.97 Å². The molecule has 1 N–H and O–H groups in total. The summed E-state index contributed by atoms with van der Waals surface area (Å²) in [4.78, 5) is 10.0. The van der Waals surface area contributed by atoms with Crippen molar-refractivity contribution < 1.29 is 19.1 Å².